The highest BCUT2D eigenvalue weighted by atomic mass is 16.5. The minimum absolute atomic E-state index is 0.329. The summed E-state index contributed by atoms with van der Waals surface area (Å²) in [6.07, 6.45) is 0. The van der Waals surface area contributed by atoms with E-state index < -0.39 is 17.6 Å². The Hall–Kier alpha value is -1.92. The highest BCUT2D eigenvalue weighted by molar-refractivity contribution is 5.99. The lowest BCUT2D eigenvalue weighted by Gasteiger charge is -1.92. The summed E-state index contributed by atoms with van der Waals surface area (Å²) in [6, 6.07) is 0. The number of H-pyrrole nitrogens is 1. The van der Waals surface area contributed by atoms with Crippen molar-refractivity contribution < 1.29 is 19.4 Å². The van der Waals surface area contributed by atoms with E-state index in [1.165, 1.54) is 0 Å². The zero-order valence-corrected chi connectivity index (χ0v) is 6.07. The van der Waals surface area contributed by atoms with Crippen molar-refractivity contribution in [3.63, 3.8) is 0 Å². The maximum Gasteiger partial charge on any atom is 0.361 e. The molecule has 2 N–H and O–H groups in total. The van der Waals surface area contributed by atoms with Crippen molar-refractivity contribution in [1.82, 2.24) is 15.4 Å². The average molecular weight is 171 g/mol. The van der Waals surface area contributed by atoms with E-state index >= 15 is 0 Å². The summed E-state index contributed by atoms with van der Waals surface area (Å²) in [4.78, 5) is 21.2. The summed E-state index contributed by atoms with van der Waals surface area (Å²) < 4.78 is 4.26. The monoisotopic (exact) mass is 171 g/mol. The Kier molecular flexibility index (Phi) is 2.04. The van der Waals surface area contributed by atoms with Crippen LogP contribution in [0.2, 0.25) is 0 Å². The molecule has 1 heterocycles. The van der Waals surface area contributed by atoms with Crippen LogP contribution in [-0.2, 0) is 4.74 Å². The second kappa shape index (κ2) is 2.99. The highest BCUT2D eigenvalue weighted by Gasteiger charge is 2.21. The van der Waals surface area contributed by atoms with Crippen LogP contribution in [0.1, 0.15) is 21.0 Å². The van der Waals surface area contributed by atoms with Crippen LogP contribution in [0.15, 0.2) is 0 Å². The van der Waals surface area contributed by atoms with Crippen molar-refractivity contribution in [3.05, 3.63) is 11.4 Å². The van der Waals surface area contributed by atoms with Gasteiger partial charge in [0.15, 0.2) is 0 Å². The van der Waals surface area contributed by atoms with Gasteiger partial charge in [-0.15, -0.1) is 10.2 Å². The lowest BCUT2D eigenvalue weighted by molar-refractivity contribution is 0.0575. The summed E-state index contributed by atoms with van der Waals surface area (Å²) in [5, 5.41) is 17.0. The Bertz CT molecular complexity index is 318. The Morgan fingerprint density at radius 2 is 2.00 bits per heavy atom. The van der Waals surface area contributed by atoms with Crippen molar-refractivity contribution in [2.75, 3.05) is 7.11 Å². The van der Waals surface area contributed by atoms with Crippen LogP contribution in [0.3, 0.4) is 0 Å². The number of methoxy groups -OCH3 is 1. The third-order valence-electron chi connectivity index (χ3n) is 1.13. The summed E-state index contributed by atoms with van der Waals surface area (Å²) in [6.45, 7) is 0. The van der Waals surface area contributed by atoms with E-state index in [2.05, 4.69) is 14.9 Å². The number of carboxylic acids is 1. The molecule has 0 radical (unpaired) electrons. The molecule has 7 nitrogen and oxygen atoms in total. The lowest BCUT2D eigenvalue weighted by atomic mass is 10.3. The number of carboxylic acid groups (broad SMARTS) is 1. The van der Waals surface area contributed by atoms with Gasteiger partial charge in [-0.2, -0.15) is 5.21 Å². The molecule has 0 fully saturated rings. The van der Waals surface area contributed by atoms with Gasteiger partial charge in [-0.05, 0) is 0 Å². The molecule has 0 unspecified atom stereocenters. The van der Waals surface area contributed by atoms with E-state index in [-0.39, 0.29) is 5.69 Å². The van der Waals surface area contributed by atoms with Gasteiger partial charge in [0.2, 0.25) is 11.4 Å². The fourth-order valence-corrected chi connectivity index (χ4v) is 0.619. The molecule has 1 rings (SSSR count). The molecule has 0 bridgehead atoms. The number of carbonyl (C=O) groups excluding carboxylic acids is 1. The number of nitrogens with one attached hydrogen (secondary N) is 1. The van der Waals surface area contributed by atoms with Gasteiger partial charge in [0, 0.05) is 0 Å². The normalized spacial score (nSPS) is 9.42. The van der Waals surface area contributed by atoms with Gasteiger partial charge in [-0.3, -0.25) is 0 Å². The first kappa shape index (κ1) is 8.18. The van der Waals surface area contributed by atoms with E-state index in [0.717, 1.165) is 7.11 Å². The maximum atomic E-state index is 10.8. The van der Waals surface area contributed by atoms with E-state index in [1.807, 2.05) is 5.21 Å². The SMILES string of the molecule is COC(=O)c1n[nH]nc1C(=O)O. The largest absolute Gasteiger partial charge is 0.476 e. The molecule has 1 aromatic rings. The van der Waals surface area contributed by atoms with Crippen molar-refractivity contribution >= 4 is 11.9 Å². The fourth-order valence-electron chi connectivity index (χ4n) is 0.619. The molecule has 12 heavy (non-hydrogen) atoms. The molecule has 0 saturated carbocycles. The summed E-state index contributed by atoms with van der Waals surface area (Å²) in [5.41, 5.74) is -0.771. The molecule has 0 aliphatic heterocycles. The topological polar surface area (TPSA) is 105 Å². The molecule has 0 saturated heterocycles. The zero-order valence-electron chi connectivity index (χ0n) is 6.07. The summed E-state index contributed by atoms with van der Waals surface area (Å²) >= 11 is 0. The van der Waals surface area contributed by atoms with Crippen LogP contribution in [-0.4, -0.2) is 39.6 Å². The molecule has 0 aliphatic carbocycles. The van der Waals surface area contributed by atoms with Crippen LogP contribution >= 0.6 is 0 Å². The average Bonchev–Trinajstić information content (AvgIpc) is 2.50. The molecule has 0 aliphatic rings. The zero-order chi connectivity index (χ0) is 9.14. The molecular weight excluding hydrogens is 166 g/mol. The first-order valence-electron chi connectivity index (χ1n) is 2.89. The van der Waals surface area contributed by atoms with Crippen LogP contribution < -0.4 is 0 Å². The second-order valence-corrected chi connectivity index (χ2v) is 1.82. The van der Waals surface area contributed by atoms with Crippen LogP contribution in [0.5, 0.6) is 0 Å². The number of esters is 1. The highest BCUT2D eigenvalue weighted by Crippen LogP contribution is 2.01. The standard InChI is InChI=1S/C5H5N3O4/c1-12-5(11)3-2(4(9)10)6-8-7-3/h1H3,(H,9,10)(H,6,7,8). The number of nitrogens with zero attached hydrogens (tertiary/aromatic N) is 2. The Labute approximate surface area is 66.3 Å². The van der Waals surface area contributed by atoms with Gasteiger partial charge in [0.05, 0.1) is 7.11 Å². The first-order valence-corrected chi connectivity index (χ1v) is 2.89. The van der Waals surface area contributed by atoms with Gasteiger partial charge in [-0.25, -0.2) is 9.59 Å². The predicted octanol–water partition coefficient (Wildman–Crippen LogP) is -0.710. The smallest absolute Gasteiger partial charge is 0.361 e. The fraction of sp³-hybridized carbons (Fsp3) is 0.200. The van der Waals surface area contributed by atoms with Gasteiger partial charge in [0.1, 0.15) is 0 Å². The molecule has 0 amide bonds. The number of aromatic nitrogens is 3. The molecule has 64 valence electrons. The van der Waals surface area contributed by atoms with Crippen LogP contribution in [0.4, 0.5) is 0 Å². The quantitative estimate of drug-likeness (QED) is 0.569. The third-order valence-corrected chi connectivity index (χ3v) is 1.13. The number of hydrogen-bond acceptors (Lipinski definition) is 5. The van der Waals surface area contributed by atoms with Gasteiger partial charge in [-0.1, -0.05) is 0 Å². The van der Waals surface area contributed by atoms with Crippen molar-refractivity contribution in [2.45, 2.75) is 0 Å². The van der Waals surface area contributed by atoms with E-state index in [1.54, 1.807) is 0 Å². The summed E-state index contributed by atoms with van der Waals surface area (Å²) in [5.74, 6) is -2.16. The van der Waals surface area contributed by atoms with Crippen molar-refractivity contribution in [2.24, 2.45) is 0 Å². The number of ether oxygens (including phenoxy) is 1. The molecule has 0 aromatic carbocycles. The van der Waals surface area contributed by atoms with E-state index in [9.17, 15) is 9.59 Å². The molecule has 0 atom stereocenters. The molecular formula is C5H5N3O4. The van der Waals surface area contributed by atoms with Crippen LogP contribution in [0, 0.1) is 0 Å². The second-order valence-electron chi connectivity index (χ2n) is 1.82. The van der Waals surface area contributed by atoms with Crippen molar-refractivity contribution in [1.29, 1.82) is 0 Å². The summed E-state index contributed by atoms with van der Waals surface area (Å²) in [7, 11) is 1.13. The van der Waals surface area contributed by atoms with E-state index in [4.69, 9.17) is 5.11 Å². The predicted molar refractivity (Wildman–Crippen MR) is 34.7 cm³/mol. The molecule has 0 spiro atoms. The first-order chi connectivity index (χ1) is 5.66. The minimum atomic E-state index is -1.33. The number of carbonyl (C=O) groups is 2. The lowest BCUT2D eigenvalue weighted by Crippen LogP contribution is -2.09. The Morgan fingerprint density at radius 1 is 1.42 bits per heavy atom. The van der Waals surface area contributed by atoms with E-state index in [0.29, 0.717) is 0 Å². The van der Waals surface area contributed by atoms with Gasteiger partial charge in [0.25, 0.3) is 0 Å². The Balaban J connectivity index is 3.07. The number of rotatable bonds is 2. The maximum absolute atomic E-state index is 10.8. The van der Waals surface area contributed by atoms with Crippen molar-refractivity contribution in [3.8, 4) is 0 Å². The number of hydrogen-bond donors (Lipinski definition) is 2. The third kappa shape index (κ3) is 1.24. The van der Waals surface area contributed by atoms with Gasteiger partial charge < -0.3 is 9.84 Å². The molecule has 7 heteroatoms. The van der Waals surface area contributed by atoms with Gasteiger partial charge >= 0.3 is 11.9 Å². The van der Waals surface area contributed by atoms with Crippen LogP contribution in [0.25, 0.3) is 0 Å². The Morgan fingerprint density at radius 3 is 2.50 bits per heavy atom. The molecule has 1 aromatic heterocycles. The number of aromatic carboxylic acids is 1. The number of aromatic amines is 1. The minimum Gasteiger partial charge on any atom is -0.476 e.